The van der Waals surface area contributed by atoms with Crippen LogP contribution in [-0.4, -0.2) is 16.6 Å². The van der Waals surface area contributed by atoms with Crippen LogP contribution in [0.1, 0.15) is 32.1 Å². The van der Waals surface area contributed by atoms with Crippen molar-refractivity contribution in [3.05, 3.63) is 24.3 Å². The molecule has 90 valence electrons. The maximum absolute atomic E-state index is 12.0. The van der Waals surface area contributed by atoms with Crippen LogP contribution in [0.25, 0.3) is 0 Å². The maximum Gasteiger partial charge on any atom is 0.243 e. The van der Waals surface area contributed by atoms with Crippen LogP contribution in [0.15, 0.2) is 24.3 Å². The van der Waals surface area contributed by atoms with Gasteiger partial charge in [0.1, 0.15) is 5.75 Å². The van der Waals surface area contributed by atoms with Gasteiger partial charge >= 0.3 is 0 Å². The fourth-order valence-corrected chi connectivity index (χ4v) is 2.86. The number of hydrogen-bond donors (Lipinski definition) is 2. The zero-order chi connectivity index (χ0) is 11.9. The highest BCUT2D eigenvalue weighted by atomic mass is 16.3. The van der Waals surface area contributed by atoms with Crippen LogP contribution < -0.4 is 10.4 Å². The van der Waals surface area contributed by atoms with Crippen LogP contribution in [-0.2, 0) is 4.79 Å². The first-order chi connectivity index (χ1) is 8.19. The Labute approximate surface area is 100 Å². The van der Waals surface area contributed by atoms with Gasteiger partial charge in [-0.3, -0.25) is 4.79 Å². The average Bonchev–Trinajstić information content (AvgIpc) is 2.88. The molecule has 0 radical (unpaired) electrons. The van der Waals surface area contributed by atoms with Crippen molar-refractivity contribution in [2.45, 2.75) is 37.6 Å². The van der Waals surface area contributed by atoms with Gasteiger partial charge in [0.25, 0.3) is 0 Å². The molecule has 1 aliphatic carbocycles. The van der Waals surface area contributed by atoms with Crippen LogP contribution in [0, 0.1) is 0 Å². The minimum Gasteiger partial charge on any atom is -0.508 e. The number of carbonyl (C=O) groups excluding carboxylic acids is 1. The molecule has 1 heterocycles. The number of aromatic hydroxyl groups is 1. The van der Waals surface area contributed by atoms with E-state index in [4.69, 9.17) is 0 Å². The molecule has 1 spiro atoms. The molecular formula is C13H16N2O2. The highest BCUT2D eigenvalue weighted by molar-refractivity contribution is 5.95. The van der Waals surface area contributed by atoms with Gasteiger partial charge < -0.3 is 5.11 Å². The van der Waals surface area contributed by atoms with Crippen LogP contribution in [0.4, 0.5) is 5.69 Å². The van der Waals surface area contributed by atoms with E-state index in [1.165, 1.54) is 12.8 Å². The van der Waals surface area contributed by atoms with E-state index in [0.29, 0.717) is 6.42 Å². The van der Waals surface area contributed by atoms with E-state index in [0.717, 1.165) is 18.5 Å². The van der Waals surface area contributed by atoms with Crippen molar-refractivity contribution < 1.29 is 9.90 Å². The quantitative estimate of drug-likeness (QED) is 0.778. The zero-order valence-corrected chi connectivity index (χ0v) is 9.65. The number of nitrogens with one attached hydrogen (secondary N) is 1. The second-order valence-electron chi connectivity index (χ2n) is 5.02. The number of benzene rings is 1. The summed E-state index contributed by atoms with van der Waals surface area (Å²) in [4.78, 5) is 12.0. The number of nitrogens with zero attached hydrogens (tertiary/aromatic N) is 1. The van der Waals surface area contributed by atoms with Crippen molar-refractivity contribution in [3.8, 4) is 5.75 Å². The standard InChI is InChI=1S/C13H16N2O2/c16-11-5-3-10(4-6-11)15-12(17)9-13(14-15)7-1-2-8-13/h3-6,14,16H,1-2,7-9H2. The Hall–Kier alpha value is -1.55. The molecule has 1 aromatic rings. The van der Waals surface area contributed by atoms with E-state index < -0.39 is 0 Å². The molecule has 2 N–H and O–H groups in total. The van der Waals surface area contributed by atoms with E-state index in [1.54, 1.807) is 29.3 Å². The lowest BCUT2D eigenvalue weighted by atomic mass is 9.96. The van der Waals surface area contributed by atoms with Crippen molar-refractivity contribution >= 4 is 11.6 Å². The van der Waals surface area contributed by atoms with Crippen LogP contribution >= 0.6 is 0 Å². The maximum atomic E-state index is 12.0. The largest absolute Gasteiger partial charge is 0.508 e. The van der Waals surface area contributed by atoms with Crippen molar-refractivity contribution in [1.82, 2.24) is 5.43 Å². The Kier molecular flexibility index (Phi) is 2.33. The molecule has 17 heavy (non-hydrogen) atoms. The van der Waals surface area contributed by atoms with E-state index >= 15 is 0 Å². The topological polar surface area (TPSA) is 52.6 Å². The Morgan fingerprint density at radius 2 is 1.82 bits per heavy atom. The Morgan fingerprint density at radius 1 is 1.18 bits per heavy atom. The smallest absolute Gasteiger partial charge is 0.243 e. The first-order valence-electron chi connectivity index (χ1n) is 6.08. The lowest BCUT2D eigenvalue weighted by Gasteiger charge is -2.24. The van der Waals surface area contributed by atoms with Crippen molar-refractivity contribution in [2.24, 2.45) is 0 Å². The molecule has 1 aliphatic heterocycles. The third-order valence-corrected chi connectivity index (χ3v) is 3.76. The van der Waals surface area contributed by atoms with E-state index in [1.807, 2.05) is 0 Å². The summed E-state index contributed by atoms with van der Waals surface area (Å²) in [6, 6.07) is 6.72. The summed E-state index contributed by atoms with van der Waals surface area (Å²) in [5.41, 5.74) is 4.15. The summed E-state index contributed by atoms with van der Waals surface area (Å²) < 4.78 is 0. The number of hydrogen-bond acceptors (Lipinski definition) is 3. The molecule has 1 saturated heterocycles. The number of amides is 1. The van der Waals surface area contributed by atoms with Crippen molar-refractivity contribution in [3.63, 3.8) is 0 Å². The van der Waals surface area contributed by atoms with Crippen LogP contribution in [0.5, 0.6) is 5.75 Å². The number of phenols is 1. The Balaban J connectivity index is 1.85. The van der Waals surface area contributed by atoms with Gasteiger partial charge in [-0.25, -0.2) is 10.4 Å². The first-order valence-corrected chi connectivity index (χ1v) is 6.08. The number of rotatable bonds is 1. The molecule has 0 unspecified atom stereocenters. The van der Waals surface area contributed by atoms with Gasteiger partial charge in [0.15, 0.2) is 0 Å². The highest BCUT2D eigenvalue weighted by Crippen LogP contribution is 2.38. The third-order valence-electron chi connectivity index (χ3n) is 3.76. The van der Waals surface area contributed by atoms with E-state index in [9.17, 15) is 9.90 Å². The zero-order valence-electron chi connectivity index (χ0n) is 9.65. The van der Waals surface area contributed by atoms with Gasteiger partial charge in [0, 0.05) is 12.0 Å². The van der Waals surface area contributed by atoms with E-state index in [-0.39, 0.29) is 17.2 Å². The second kappa shape index (κ2) is 3.74. The molecule has 1 aromatic carbocycles. The highest BCUT2D eigenvalue weighted by Gasteiger charge is 2.44. The molecule has 4 nitrogen and oxygen atoms in total. The molecule has 0 atom stereocenters. The average molecular weight is 232 g/mol. The lowest BCUT2D eigenvalue weighted by molar-refractivity contribution is -0.117. The van der Waals surface area contributed by atoms with Crippen molar-refractivity contribution in [1.29, 1.82) is 0 Å². The Morgan fingerprint density at radius 3 is 2.47 bits per heavy atom. The van der Waals surface area contributed by atoms with Crippen LogP contribution in [0.3, 0.4) is 0 Å². The summed E-state index contributed by atoms with van der Waals surface area (Å²) >= 11 is 0. The number of carbonyl (C=O) groups is 1. The fourth-order valence-electron chi connectivity index (χ4n) is 2.86. The molecular weight excluding hydrogens is 216 g/mol. The molecule has 0 bridgehead atoms. The SMILES string of the molecule is O=C1CC2(CCCC2)NN1c1ccc(O)cc1. The predicted molar refractivity (Wildman–Crippen MR) is 64.5 cm³/mol. The number of hydrazine groups is 1. The second-order valence-corrected chi connectivity index (χ2v) is 5.02. The fraction of sp³-hybridized carbons (Fsp3) is 0.462. The molecule has 1 amide bonds. The third kappa shape index (κ3) is 1.78. The summed E-state index contributed by atoms with van der Waals surface area (Å²) in [6.07, 6.45) is 5.14. The van der Waals surface area contributed by atoms with Crippen LogP contribution in [0.2, 0.25) is 0 Å². The lowest BCUT2D eigenvalue weighted by Crippen LogP contribution is -2.44. The van der Waals surface area contributed by atoms with Gasteiger partial charge in [-0.05, 0) is 37.1 Å². The molecule has 0 aromatic heterocycles. The van der Waals surface area contributed by atoms with Gasteiger partial charge in [0.2, 0.25) is 5.91 Å². The monoisotopic (exact) mass is 232 g/mol. The summed E-state index contributed by atoms with van der Waals surface area (Å²) in [5.74, 6) is 0.341. The minimum absolute atomic E-state index is 0.00499. The number of phenolic OH excluding ortho intramolecular Hbond substituents is 1. The first kappa shape index (κ1) is 10.6. The summed E-state index contributed by atoms with van der Waals surface area (Å²) in [7, 11) is 0. The van der Waals surface area contributed by atoms with Crippen molar-refractivity contribution in [2.75, 3.05) is 5.01 Å². The van der Waals surface area contributed by atoms with Gasteiger partial charge in [-0.1, -0.05) is 12.8 Å². The molecule has 2 aliphatic rings. The number of anilines is 1. The molecule has 3 rings (SSSR count). The predicted octanol–water partition coefficient (Wildman–Crippen LogP) is 1.95. The summed E-state index contributed by atoms with van der Waals surface area (Å²) in [6.45, 7) is 0. The molecule has 4 heteroatoms. The normalized spacial score (nSPS) is 22.6. The minimum atomic E-state index is -0.00499. The molecule has 2 fully saturated rings. The van der Waals surface area contributed by atoms with Gasteiger partial charge in [-0.2, -0.15) is 0 Å². The summed E-state index contributed by atoms with van der Waals surface area (Å²) in [5, 5.41) is 10.9. The Bertz CT molecular complexity index is 435. The molecule has 1 saturated carbocycles. The van der Waals surface area contributed by atoms with Gasteiger partial charge in [-0.15, -0.1) is 0 Å². The van der Waals surface area contributed by atoms with E-state index in [2.05, 4.69) is 5.43 Å². The van der Waals surface area contributed by atoms with Gasteiger partial charge in [0.05, 0.1) is 5.69 Å².